The molecule has 5 nitrogen and oxygen atoms in total. The average molecular weight is 478 g/mol. The molecule has 0 saturated carbocycles. The predicted molar refractivity (Wildman–Crippen MR) is 128 cm³/mol. The summed E-state index contributed by atoms with van der Waals surface area (Å²) in [5, 5.41) is 3.48. The molecule has 8 heteroatoms. The molecule has 0 saturated heterocycles. The number of anilines is 1. The van der Waals surface area contributed by atoms with E-state index in [-0.39, 0.29) is 5.69 Å². The van der Waals surface area contributed by atoms with Crippen molar-refractivity contribution in [2.24, 2.45) is 0 Å². The second-order valence-corrected chi connectivity index (χ2v) is 8.09. The summed E-state index contributed by atoms with van der Waals surface area (Å²) >= 11 is 0. The molecule has 1 aliphatic heterocycles. The zero-order valence-corrected chi connectivity index (χ0v) is 18.7. The number of benzene rings is 3. The monoisotopic (exact) mass is 478 g/mol. The Morgan fingerprint density at radius 2 is 1.74 bits per heavy atom. The molecule has 1 N–H and O–H groups in total. The summed E-state index contributed by atoms with van der Waals surface area (Å²) in [5.41, 5.74) is 1.89. The van der Waals surface area contributed by atoms with E-state index in [2.05, 4.69) is 5.32 Å². The number of nitrogens with zero attached hydrogens (tertiary/aromatic N) is 1. The van der Waals surface area contributed by atoms with Gasteiger partial charge < -0.3 is 19.4 Å². The third-order valence-electron chi connectivity index (χ3n) is 5.91. The highest BCUT2D eigenvalue weighted by Gasteiger charge is 2.33. The van der Waals surface area contributed by atoms with Crippen LogP contribution < -0.4 is 14.8 Å². The maximum Gasteiger partial charge on any atom is 0.416 e. The van der Waals surface area contributed by atoms with Gasteiger partial charge in [-0.25, -0.2) is 0 Å². The SMILES string of the molecule is COc1ccc(OCCn2cc(/C=C3/C(=O)Nc4cc(C(F)(F)F)ccc43)c3ccccc32)cc1. The van der Waals surface area contributed by atoms with Gasteiger partial charge in [0.1, 0.15) is 18.1 Å². The average Bonchev–Trinajstić information content (AvgIpc) is 3.36. The topological polar surface area (TPSA) is 52.5 Å². The molecule has 0 fully saturated rings. The molecular weight excluding hydrogens is 457 g/mol. The zero-order valence-electron chi connectivity index (χ0n) is 18.7. The van der Waals surface area contributed by atoms with E-state index in [9.17, 15) is 18.0 Å². The van der Waals surface area contributed by atoms with Crippen molar-refractivity contribution in [3.05, 3.63) is 89.6 Å². The Kier molecular flexibility index (Phi) is 5.72. The number of ether oxygens (including phenoxy) is 2. The van der Waals surface area contributed by atoms with E-state index in [0.717, 1.165) is 40.1 Å². The molecule has 0 atom stereocenters. The molecule has 0 radical (unpaired) electrons. The van der Waals surface area contributed by atoms with Gasteiger partial charge in [-0.05, 0) is 48.5 Å². The summed E-state index contributed by atoms with van der Waals surface area (Å²) in [6.07, 6.45) is -0.838. The largest absolute Gasteiger partial charge is 0.497 e. The number of hydrogen-bond donors (Lipinski definition) is 1. The number of rotatable bonds is 6. The number of nitrogens with one attached hydrogen (secondary N) is 1. The Hall–Kier alpha value is -4.20. The maximum atomic E-state index is 13.1. The molecule has 4 aromatic rings. The van der Waals surface area contributed by atoms with Crippen LogP contribution in [0.4, 0.5) is 18.9 Å². The number of aromatic nitrogens is 1. The van der Waals surface area contributed by atoms with Gasteiger partial charge in [0.25, 0.3) is 5.91 Å². The van der Waals surface area contributed by atoms with E-state index < -0.39 is 17.6 Å². The zero-order chi connectivity index (χ0) is 24.6. The predicted octanol–water partition coefficient (Wildman–Crippen LogP) is 6.24. The molecule has 3 aromatic carbocycles. The van der Waals surface area contributed by atoms with Crippen LogP contribution in [0.5, 0.6) is 11.5 Å². The fraction of sp³-hybridized carbons (Fsp3) is 0.148. The van der Waals surface area contributed by atoms with Crippen molar-refractivity contribution in [1.29, 1.82) is 0 Å². The molecule has 5 rings (SSSR count). The minimum Gasteiger partial charge on any atom is -0.497 e. The van der Waals surface area contributed by atoms with Crippen LogP contribution in [-0.4, -0.2) is 24.2 Å². The Balaban J connectivity index is 1.42. The lowest BCUT2D eigenvalue weighted by atomic mass is 10.0. The first-order valence-corrected chi connectivity index (χ1v) is 10.9. The Morgan fingerprint density at radius 3 is 2.49 bits per heavy atom. The van der Waals surface area contributed by atoms with Crippen LogP contribution in [-0.2, 0) is 17.5 Å². The summed E-state index contributed by atoms with van der Waals surface area (Å²) in [6.45, 7) is 0.984. The number of fused-ring (bicyclic) bond motifs is 2. The Bertz CT molecular complexity index is 1440. The maximum absolute atomic E-state index is 13.1. The number of alkyl halides is 3. The Labute approximate surface area is 199 Å². The fourth-order valence-corrected chi connectivity index (χ4v) is 4.18. The van der Waals surface area contributed by atoms with E-state index in [4.69, 9.17) is 9.47 Å². The number of methoxy groups -OCH3 is 1. The summed E-state index contributed by atoms with van der Waals surface area (Å²) in [6, 6.07) is 18.4. The molecule has 1 aliphatic rings. The second-order valence-electron chi connectivity index (χ2n) is 8.09. The van der Waals surface area contributed by atoms with Crippen LogP contribution >= 0.6 is 0 Å². The molecule has 1 aromatic heterocycles. The van der Waals surface area contributed by atoms with Crippen LogP contribution in [0.3, 0.4) is 0 Å². The van der Waals surface area contributed by atoms with Crippen molar-refractivity contribution in [3.63, 3.8) is 0 Å². The van der Waals surface area contributed by atoms with Gasteiger partial charge in [0.15, 0.2) is 0 Å². The number of carbonyl (C=O) groups excluding carboxylic acids is 1. The highest BCUT2D eigenvalue weighted by atomic mass is 19.4. The number of para-hydroxylation sites is 1. The van der Waals surface area contributed by atoms with Crippen molar-refractivity contribution in [2.45, 2.75) is 12.7 Å². The third kappa shape index (κ3) is 4.47. The van der Waals surface area contributed by atoms with Gasteiger partial charge in [0, 0.05) is 39.5 Å². The van der Waals surface area contributed by atoms with Crippen molar-refractivity contribution < 1.29 is 27.4 Å². The molecule has 2 heterocycles. The first-order valence-electron chi connectivity index (χ1n) is 10.9. The van der Waals surface area contributed by atoms with Crippen LogP contribution in [0.2, 0.25) is 0 Å². The van der Waals surface area contributed by atoms with E-state index >= 15 is 0 Å². The normalized spacial score (nSPS) is 14.3. The molecule has 0 unspecified atom stereocenters. The minimum absolute atomic E-state index is 0.160. The number of hydrogen-bond acceptors (Lipinski definition) is 3. The number of carbonyl (C=O) groups is 1. The summed E-state index contributed by atoms with van der Waals surface area (Å²) in [5.74, 6) is 1.04. The molecule has 35 heavy (non-hydrogen) atoms. The lowest BCUT2D eigenvalue weighted by Crippen LogP contribution is -2.07. The first-order chi connectivity index (χ1) is 16.8. The van der Waals surface area contributed by atoms with Crippen molar-refractivity contribution in [2.75, 3.05) is 19.0 Å². The van der Waals surface area contributed by atoms with Gasteiger partial charge in [-0.1, -0.05) is 24.3 Å². The van der Waals surface area contributed by atoms with Crippen molar-refractivity contribution in [1.82, 2.24) is 4.57 Å². The van der Waals surface area contributed by atoms with Crippen LogP contribution in [0.15, 0.2) is 72.9 Å². The van der Waals surface area contributed by atoms with E-state index in [1.165, 1.54) is 6.07 Å². The summed E-state index contributed by atoms with van der Waals surface area (Å²) in [7, 11) is 1.60. The molecular formula is C27H21F3N2O3. The van der Waals surface area contributed by atoms with E-state index in [1.807, 2.05) is 59.3 Å². The smallest absolute Gasteiger partial charge is 0.416 e. The van der Waals surface area contributed by atoms with Crippen LogP contribution in [0.25, 0.3) is 22.6 Å². The van der Waals surface area contributed by atoms with Gasteiger partial charge in [-0.2, -0.15) is 13.2 Å². The van der Waals surface area contributed by atoms with Crippen molar-refractivity contribution in [3.8, 4) is 11.5 Å². The van der Waals surface area contributed by atoms with Gasteiger partial charge >= 0.3 is 6.18 Å². The summed E-state index contributed by atoms with van der Waals surface area (Å²) in [4.78, 5) is 12.6. The second kappa shape index (κ2) is 8.87. The third-order valence-corrected chi connectivity index (χ3v) is 5.91. The van der Waals surface area contributed by atoms with Gasteiger partial charge in [-0.3, -0.25) is 4.79 Å². The number of amides is 1. The highest BCUT2D eigenvalue weighted by molar-refractivity contribution is 6.35. The molecule has 1 amide bonds. The molecule has 0 aliphatic carbocycles. The molecule has 0 bridgehead atoms. The number of halogens is 3. The van der Waals surface area contributed by atoms with Crippen LogP contribution in [0.1, 0.15) is 16.7 Å². The highest BCUT2D eigenvalue weighted by Crippen LogP contribution is 2.39. The van der Waals surface area contributed by atoms with Gasteiger partial charge in [-0.15, -0.1) is 0 Å². The van der Waals surface area contributed by atoms with Crippen LogP contribution in [0, 0.1) is 0 Å². The molecule has 0 spiro atoms. The Morgan fingerprint density at radius 1 is 1.00 bits per heavy atom. The fourth-order valence-electron chi connectivity index (χ4n) is 4.18. The molecule has 178 valence electrons. The standard InChI is InChI=1S/C27H21F3N2O3/c1-34-19-7-9-20(10-8-19)35-13-12-32-16-17(21-4-2-3-5-25(21)32)14-23-22-11-6-18(27(28,29)30)15-24(22)31-26(23)33/h2-11,14-16H,12-13H2,1H3,(H,31,33)/b23-14+. The van der Waals surface area contributed by atoms with E-state index in [0.29, 0.717) is 24.3 Å². The van der Waals surface area contributed by atoms with E-state index in [1.54, 1.807) is 13.2 Å². The first kappa shape index (κ1) is 22.6. The van der Waals surface area contributed by atoms with Gasteiger partial charge in [0.05, 0.1) is 19.2 Å². The summed E-state index contributed by atoms with van der Waals surface area (Å²) < 4.78 is 52.3. The lowest BCUT2D eigenvalue weighted by molar-refractivity contribution is -0.137. The van der Waals surface area contributed by atoms with Gasteiger partial charge in [0.2, 0.25) is 0 Å². The van der Waals surface area contributed by atoms with Crippen molar-refractivity contribution >= 4 is 34.1 Å². The minimum atomic E-state index is -4.48. The lowest BCUT2D eigenvalue weighted by Gasteiger charge is -2.09. The quantitative estimate of drug-likeness (QED) is 0.334.